The third-order valence-electron chi connectivity index (χ3n) is 1.53. The fraction of sp³-hybridized carbons (Fsp3) is 0.667. The van der Waals surface area contributed by atoms with Gasteiger partial charge in [0.15, 0.2) is 0 Å². The number of aryl methyl sites for hydroxylation is 1. The van der Waals surface area contributed by atoms with Gasteiger partial charge in [0.1, 0.15) is 5.00 Å². The first-order valence-corrected chi connectivity index (χ1v) is 4.92. The highest BCUT2D eigenvalue weighted by Gasteiger charge is 2.15. The van der Waals surface area contributed by atoms with E-state index in [1.165, 1.54) is 0 Å². The number of thiazole rings is 1. The largest absolute Gasteiger partial charge is 0.389 e. The van der Waals surface area contributed by atoms with Crippen molar-refractivity contribution in [3.8, 4) is 0 Å². The van der Waals surface area contributed by atoms with Gasteiger partial charge in [-0.05, 0) is 18.8 Å². The SMILES string of the molecule is Cc1nc(CC(C)(C)C)c(N)s1. The van der Waals surface area contributed by atoms with E-state index in [9.17, 15) is 0 Å². The Morgan fingerprint density at radius 3 is 2.33 bits per heavy atom. The van der Waals surface area contributed by atoms with E-state index >= 15 is 0 Å². The molecule has 1 aromatic rings. The summed E-state index contributed by atoms with van der Waals surface area (Å²) in [7, 11) is 0. The van der Waals surface area contributed by atoms with Crippen LogP contribution in [-0.4, -0.2) is 4.98 Å². The second kappa shape index (κ2) is 3.05. The van der Waals surface area contributed by atoms with Crippen LogP contribution in [-0.2, 0) is 6.42 Å². The van der Waals surface area contributed by atoms with E-state index in [2.05, 4.69) is 25.8 Å². The Kier molecular flexibility index (Phi) is 2.42. The first kappa shape index (κ1) is 9.52. The fourth-order valence-corrected chi connectivity index (χ4v) is 1.82. The summed E-state index contributed by atoms with van der Waals surface area (Å²) >= 11 is 1.58. The summed E-state index contributed by atoms with van der Waals surface area (Å²) in [6, 6.07) is 0. The third kappa shape index (κ3) is 2.48. The molecule has 0 unspecified atom stereocenters. The van der Waals surface area contributed by atoms with Crippen LogP contribution in [0.5, 0.6) is 0 Å². The van der Waals surface area contributed by atoms with E-state index in [4.69, 9.17) is 5.73 Å². The molecule has 0 saturated carbocycles. The molecule has 2 nitrogen and oxygen atoms in total. The maximum atomic E-state index is 5.80. The van der Waals surface area contributed by atoms with Crippen molar-refractivity contribution in [3.63, 3.8) is 0 Å². The van der Waals surface area contributed by atoms with Crippen LogP contribution in [0.25, 0.3) is 0 Å². The smallest absolute Gasteiger partial charge is 0.109 e. The number of nitrogens with zero attached hydrogens (tertiary/aromatic N) is 1. The molecule has 2 N–H and O–H groups in total. The van der Waals surface area contributed by atoms with Gasteiger partial charge in [-0.3, -0.25) is 0 Å². The summed E-state index contributed by atoms with van der Waals surface area (Å²) in [5.74, 6) is 0. The normalized spacial score (nSPS) is 12.0. The number of rotatable bonds is 1. The zero-order valence-electron chi connectivity index (χ0n) is 8.14. The van der Waals surface area contributed by atoms with Crippen molar-refractivity contribution in [2.75, 3.05) is 5.73 Å². The van der Waals surface area contributed by atoms with Crippen LogP contribution in [0.2, 0.25) is 0 Å². The van der Waals surface area contributed by atoms with Crippen molar-refractivity contribution in [2.24, 2.45) is 5.41 Å². The van der Waals surface area contributed by atoms with Gasteiger partial charge in [-0.1, -0.05) is 20.8 Å². The molecule has 68 valence electrons. The standard InChI is InChI=1S/C9H16N2S/c1-6-11-7(8(10)12-6)5-9(2,3)4/h5,10H2,1-4H3. The number of hydrogen-bond donors (Lipinski definition) is 1. The minimum absolute atomic E-state index is 0.272. The molecular weight excluding hydrogens is 168 g/mol. The lowest BCUT2D eigenvalue weighted by molar-refractivity contribution is 0.407. The Balaban J connectivity index is 2.82. The van der Waals surface area contributed by atoms with E-state index in [1.807, 2.05) is 6.92 Å². The lowest BCUT2D eigenvalue weighted by Crippen LogP contribution is -2.10. The van der Waals surface area contributed by atoms with Crippen molar-refractivity contribution < 1.29 is 0 Å². The number of nitrogen functional groups attached to an aromatic ring is 1. The van der Waals surface area contributed by atoms with Crippen LogP contribution in [0.3, 0.4) is 0 Å². The number of nitrogens with two attached hydrogens (primary N) is 1. The molecule has 12 heavy (non-hydrogen) atoms. The van der Waals surface area contributed by atoms with Gasteiger partial charge in [-0.25, -0.2) is 4.98 Å². The van der Waals surface area contributed by atoms with Crippen molar-refractivity contribution in [3.05, 3.63) is 10.7 Å². The van der Waals surface area contributed by atoms with Crippen LogP contribution in [0.15, 0.2) is 0 Å². The molecule has 0 saturated heterocycles. The average molecular weight is 184 g/mol. The van der Waals surface area contributed by atoms with Gasteiger partial charge in [0, 0.05) is 0 Å². The Morgan fingerprint density at radius 2 is 2.00 bits per heavy atom. The molecule has 3 heteroatoms. The highest BCUT2D eigenvalue weighted by molar-refractivity contribution is 7.15. The summed E-state index contributed by atoms with van der Waals surface area (Å²) in [4.78, 5) is 4.39. The molecule has 0 aliphatic rings. The maximum Gasteiger partial charge on any atom is 0.109 e. The van der Waals surface area contributed by atoms with Crippen LogP contribution in [0, 0.1) is 12.3 Å². The number of aromatic nitrogens is 1. The van der Waals surface area contributed by atoms with E-state index in [1.54, 1.807) is 11.3 Å². The molecule has 1 heterocycles. The molecule has 0 fully saturated rings. The molecule has 0 radical (unpaired) electrons. The van der Waals surface area contributed by atoms with E-state index < -0.39 is 0 Å². The monoisotopic (exact) mass is 184 g/mol. The number of anilines is 1. The topological polar surface area (TPSA) is 38.9 Å². The first-order chi connectivity index (χ1) is 5.38. The maximum absolute atomic E-state index is 5.80. The summed E-state index contributed by atoms with van der Waals surface area (Å²) in [6.45, 7) is 8.58. The van der Waals surface area contributed by atoms with Crippen molar-refractivity contribution >= 4 is 16.3 Å². The molecule has 0 aromatic carbocycles. The summed E-state index contributed by atoms with van der Waals surface area (Å²) in [6.07, 6.45) is 0.961. The quantitative estimate of drug-likeness (QED) is 0.728. The van der Waals surface area contributed by atoms with Crippen molar-refractivity contribution in [1.82, 2.24) is 4.98 Å². The predicted octanol–water partition coefficient (Wildman–Crippen LogP) is 2.62. The van der Waals surface area contributed by atoms with Gasteiger partial charge >= 0.3 is 0 Å². The highest BCUT2D eigenvalue weighted by Crippen LogP contribution is 2.27. The minimum Gasteiger partial charge on any atom is -0.389 e. The van der Waals surface area contributed by atoms with Gasteiger partial charge in [0.25, 0.3) is 0 Å². The lowest BCUT2D eigenvalue weighted by Gasteiger charge is -2.16. The fourth-order valence-electron chi connectivity index (χ4n) is 1.11. The summed E-state index contributed by atoms with van der Waals surface area (Å²) in [5.41, 5.74) is 7.14. The van der Waals surface area contributed by atoms with Gasteiger partial charge in [0.05, 0.1) is 10.7 Å². The second-order valence-corrected chi connectivity index (χ2v) is 5.52. The summed E-state index contributed by atoms with van der Waals surface area (Å²) in [5, 5.41) is 1.94. The third-order valence-corrected chi connectivity index (χ3v) is 2.37. The van der Waals surface area contributed by atoms with Crippen LogP contribution >= 0.6 is 11.3 Å². The van der Waals surface area contributed by atoms with Crippen molar-refractivity contribution in [2.45, 2.75) is 34.1 Å². The van der Waals surface area contributed by atoms with Gasteiger partial charge in [-0.2, -0.15) is 0 Å². The summed E-state index contributed by atoms with van der Waals surface area (Å²) < 4.78 is 0. The molecule has 0 bridgehead atoms. The Hall–Kier alpha value is -0.570. The first-order valence-electron chi connectivity index (χ1n) is 4.10. The van der Waals surface area contributed by atoms with Gasteiger partial charge in [0.2, 0.25) is 0 Å². The van der Waals surface area contributed by atoms with Crippen LogP contribution < -0.4 is 5.73 Å². The second-order valence-electron chi connectivity index (χ2n) is 4.28. The minimum atomic E-state index is 0.272. The highest BCUT2D eigenvalue weighted by atomic mass is 32.1. The van der Waals surface area contributed by atoms with Gasteiger partial charge in [-0.15, -0.1) is 11.3 Å². The average Bonchev–Trinajstić information content (AvgIpc) is 2.06. The number of hydrogen-bond acceptors (Lipinski definition) is 3. The van der Waals surface area contributed by atoms with E-state index in [0.29, 0.717) is 0 Å². The Morgan fingerprint density at radius 1 is 1.42 bits per heavy atom. The van der Waals surface area contributed by atoms with Gasteiger partial charge < -0.3 is 5.73 Å². The Bertz CT molecular complexity index is 271. The predicted molar refractivity (Wildman–Crippen MR) is 54.4 cm³/mol. The molecule has 1 rings (SSSR count). The van der Waals surface area contributed by atoms with E-state index in [-0.39, 0.29) is 5.41 Å². The molecule has 0 atom stereocenters. The lowest BCUT2D eigenvalue weighted by atomic mass is 9.91. The molecule has 1 aromatic heterocycles. The zero-order chi connectivity index (χ0) is 9.35. The molecule has 0 aliphatic heterocycles. The van der Waals surface area contributed by atoms with Crippen LogP contribution in [0.1, 0.15) is 31.5 Å². The molecular formula is C9H16N2S. The van der Waals surface area contributed by atoms with Crippen molar-refractivity contribution in [1.29, 1.82) is 0 Å². The zero-order valence-corrected chi connectivity index (χ0v) is 8.96. The molecule has 0 aliphatic carbocycles. The molecule has 0 amide bonds. The Labute approximate surface area is 77.8 Å². The van der Waals surface area contributed by atoms with E-state index in [0.717, 1.165) is 22.1 Å². The molecule has 0 spiro atoms. The van der Waals surface area contributed by atoms with Crippen LogP contribution in [0.4, 0.5) is 5.00 Å².